The minimum absolute atomic E-state index is 0.0620. The van der Waals surface area contributed by atoms with Crippen molar-refractivity contribution in [3.8, 4) is 0 Å². The predicted octanol–water partition coefficient (Wildman–Crippen LogP) is -0.121. The van der Waals surface area contributed by atoms with Crippen LogP contribution in [0, 0.1) is 0 Å². The van der Waals surface area contributed by atoms with Crippen molar-refractivity contribution < 1.29 is 14.0 Å². The van der Waals surface area contributed by atoms with Gasteiger partial charge in [0.05, 0.1) is 19.4 Å². The molecule has 1 aromatic rings. The molecule has 2 N–H and O–H groups in total. The van der Waals surface area contributed by atoms with Crippen LogP contribution in [0.1, 0.15) is 10.6 Å². The highest BCUT2D eigenvalue weighted by atomic mass is 16.3. The van der Waals surface area contributed by atoms with E-state index in [-0.39, 0.29) is 18.9 Å². The molecule has 1 heterocycles. The molecule has 1 rings (SSSR count). The summed E-state index contributed by atoms with van der Waals surface area (Å²) in [4.78, 5) is 23.5. The van der Waals surface area contributed by atoms with Crippen LogP contribution >= 0.6 is 0 Å². The van der Waals surface area contributed by atoms with Gasteiger partial charge in [0.2, 0.25) is 11.7 Å². The highest BCUT2D eigenvalue weighted by Gasteiger charge is 2.12. The van der Waals surface area contributed by atoms with E-state index in [0.29, 0.717) is 5.76 Å². The van der Waals surface area contributed by atoms with E-state index in [1.807, 2.05) is 0 Å². The Morgan fingerprint density at radius 3 is 2.71 bits per heavy atom. The van der Waals surface area contributed by atoms with Crippen LogP contribution in [0.3, 0.4) is 0 Å². The van der Waals surface area contributed by atoms with Crippen molar-refractivity contribution in [1.29, 1.82) is 0 Å². The number of carbonyl (C=O) groups is 2. The van der Waals surface area contributed by atoms with Crippen LogP contribution in [0.15, 0.2) is 22.8 Å². The predicted molar refractivity (Wildman–Crippen MR) is 49.7 cm³/mol. The van der Waals surface area contributed by atoms with Crippen molar-refractivity contribution in [2.45, 2.75) is 0 Å². The van der Waals surface area contributed by atoms with E-state index in [2.05, 4.69) is 0 Å². The maximum Gasteiger partial charge on any atom is 0.231 e. The zero-order valence-corrected chi connectivity index (χ0v) is 7.90. The van der Waals surface area contributed by atoms with Gasteiger partial charge in [-0.2, -0.15) is 0 Å². The summed E-state index contributed by atoms with van der Waals surface area (Å²) in [5, 5.41) is 0. The van der Waals surface area contributed by atoms with E-state index < -0.39 is 5.91 Å². The van der Waals surface area contributed by atoms with Gasteiger partial charge in [0, 0.05) is 0 Å². The standard InChI is InChI=1S/C9H12N2O3/c1-11(6-9(10)13)5-7(12)8-3-2-4-14-8/h2-4H,5-6H2,1H3,(H2,10,13). The largest absolute Gasteiger partial charge is 0.461 e. The fourth-order valence-electron chi connectivity index (χ4n) is 1.08. The Morgan fingerprint density at radius 1 is 1.50 bits per heavy atom. The SMILES string of the molecule is CN(CC(N)=O)CC(=O)c1ccco1. The van der Waals surface area contributed by atoms with E-state index in [9.17, 15) is 9.59 Å². The van der Waals surface area contributed by atoms with E-state index >= 15 is 0 Å². The number of primary amides is 1. The number of Topliss-reactive ketones (excluding diaryl/α,β-unsaturated/α-hetero) is 1. The van der Waals surface area contributed by atoms with Crippen LogP contribution in [-0.4, -0.2) is 36.7 Å². The van der Waals surface area contributed by atoms with Gasteiger partial charge in [0.1, 0.15) is 0 Å². The number of hydrogen-bond acceptors (Lipinski definition) is 4. The second kappa shape index (κ2) is 4.57. The lowest BCUT2D eigenvalue weighted by molar-refractivity contribution is -0.118. The smallest absolute Gasteiger partial charge is 0.231 e. The van der Waals surface area contributed by atoms with Gasteiger partial charge >= 0.3 is 0 Å². The minimum Gasteiger partial charge on any atom is -0.461 e. The second-order valence-corrected chi connectivity index (χ2v) is 3.04. The van der Waals surface area contributed by atoms with Gasteiger partial charge in [-0.05, 0) is 19.2 Å². The van der Waals surface area contributed by atoms with Crippen LogP contribution in [0.5, 0.6) is 0 Å². The molecule has 1 amide bonds. The van der Waals surface area contributed by atoms with Crippen molar-refractivity contribution in [3.05, 3.63) is 24.2 Å². The molecule has 5 heteroatoms. The summed E-state index contributed by atoms with van der Waals surface area (Å²) in [6, 6.07) is 3.22. The van der Waals surface area contributed by atoms with Crippen molar-refractivity contribution in [1.82, 2.24) is 4.90 Å². The molecule has 0 spiro atoms. The number of amides is 1. The summed E-state index contributed by atoms with van der Waals surface area (Å²) in [7, 11) is 1.64. The fourth-order valence-corrected chi connectivity index (χ4v) is 1.08. The molecule has 0 aliphatic rings. The lowest BCUT2D eigenvalue weighted by Gasteiger charge is -2.11. The molecule has 0 unspecified atom stereocenters. The molecule has 0 aromatic carbocycles. The Bertz CT molecular complexity index is 319. The molecule has 0 aliphatic heterocycles. The first-order valence-electron chi connectivity index (χ1n) is 4.13. The Morgan fingerprint density at radius 2 is 2.21 bits per heavy atom. The average Bonchev–Trinajstić information content (AvgIpc) is 2.53. The lowest BCUT2D eigenvalue weighted by atomic mass is 10.3. The van der Waals surface area contributed by atoms with Gasteiger partial charge in [-0.3, -0.25) is 14.5 Å². The normalized spacial score (nSPS) is 10.4. The van der Waals surface area contributed by atoms with Gasteiger partial charge in [-0.1, -0.05) is 0 Å². The van der Waals surface area contributed by atoms with Crippen LogP contribution < -0.4 is 5.73 Å². The summed E-state index contributed by atoms with van der Waals surface area (Å²) in [6.45, 7) is 0.183. The summed E-state index contributed by atoms with van der Waals surface area (Å²) in [5.74, 6) is -0.334. The van der Waals surface area contributed by atoms with Gasteiger partial charge < -0.3 is 10.2 Å². The van der Waals surface area contributed by atoms with Crippen molar-refractivity contribution in [2.75, 3.05) is 20.1 Å². The molecule has 1 aromatic heterocycles. The third-order valence-electron chi connectivity index (χ3n) is 1.64. The molecular formula is C9H12N2O3. The summed E-state index contributed by atoms with van der Waals surface area (Å²) >= 11 is 0. The third kappa shape index (κ3) is 3.02. The number of nitrogens with two attached hydrogens (primary N) is 1. The van der Waals surface area contributed by atoms with Gasteiger partial charge in [-0.15, -0.1) is 0 Å². The molecule has 0 radical (unpaired) electrons. The number of ketones is 1. The van der Waals surface area contributed by atoms with Crippen LogP contribution in [-0.2, 0) is 4.79 Å². The molecule has 0 fully saturated rings. The fraction of sp³-hybridized carbons (Fsp3) is 0.333. The monoisotopic (exact) mass is 196 g/mol. The number of carbonyl (C=O) groups excluding carboxylic acids is 2. The lowest BCUT2D eigenvalue weighted by Crippen LogP contribution is -2.34. The van der Waals surface area contributed by atoms with Crippen molar-refractivity contribution in [2.24, 2.45) is 5.73 Å². The number of nitrogens with zero attached hydrogens (tertiary/aromatic N) is 1. The highest BCUT2D eigenvalue weighted by Crippen LogP contribution is 2.01. The maximum atomic E-state index is 11.4. The number of furan rings is 1. The number of likely N-dealkylation sites (N-methyl/N-ethyl adjacent to an activating group) is 1. The summed E-state index contributed by atoms with van der Waals surface area (Å²) in [6.07, 6.45) is 1.43. The van der Waals surface area contributed by atoms with Crippen molar-refractivity contribution >= 4 is 11.7 Å². The molecular weight excluding hydrogens is 184 g/mol. The van der Waals surface area contributed by atoms with Crippen LogP contribution in [0.2, 0.25) is 0 Å². The zero-order chi connectivity index (χ0) is 10.6. The molecule has 5 nitrogen and oxygen atoms in total. The maximum absolute atomic E-state index is 11.4. The van der Waals surface area contributed by atoms with E-state index in [0.717, 1.165) is 0 Å². The molecule has 0 atom stereocenters. The second-order valence-electron chi connectivity index (χ2n) is 3.04. The van der Waals surface area contributed by atoms with E-state index in [1.165, 1.54) is 11.2 Å². The quantitative estimate of drug-likeness (QED) is 0.666. The number of rotatable bonds is 5. The topological polar surface area (TPSA) is 76.5 Å². The van der Waals surface area contributed by atoms with Gasteiger partial charge in [0.15, 0.2) is 5.76 Å². The molecule has 14 heavy (non-hydrogen) atoms. The third-order valence-corrected chi connectivity index (χ3v) is 1.64. The Balaban J connectivity index is 2.45. The van der Waals surface area contributed by atoms with E-state index in [4.69, 9.17) is 10.2 Å². The Kier molecular flexibility index (Phi) is 3.41. The van der Waals surface area contributed by atoms with Crippen LogP contribution in [0.25, 0.3) is 0 Å². The molecule has 76 valence electrons. The van der Waals surface area contributed by atoms with E-state index in [1.54, 1.807) is 19.2 Å². The zero-order valence-electron chi connectivity index (χ0n) is 7.90. The van der Waals surface area contributed by atoms with Crippen molar-refractivity contribution in [3.63, 3.8) is 0 Å². The molecule has 0 aliphatic carbocycles. The summed E-state index contributed by atoms with van der Waals surface area (Å²) in [5.41, 5.74) is 4.97. The molecule has 0 saturated heterocycles. The first-order chi connectivity index (χ1) is 6.59. The molecule has 0 bridgehead atoms. The Labute approximate surface area is 81.5 Å². The summed E-state index contributed by atoms with van der Waals surface area (Å²) < 4.78 is 4.91. The highest BCUT2D eigenvalue weighted by molar-refractivity contribution is 5.95. The average molecular weight is 196 g/mol. The first-order valence-corrected chi connectivity index (χ1v) is 4.13. The molecule has 0 saturated carbocycles. The van der Waals surface area contributed by atoms with Gasteiger partial charge in [0.25, 0.3) is 0 Å². The van der Waals surface area contributed by atoms with Gasteiger partial charge in [-0.25, -0.2) is 0 Å². The van der Waals surface area contributed by atoms with Crippen LogP contribution in [0.4, 0.5) is 0 Å². The first kappa shape index (κ1) is 10.5. The Hall–Kier alpha value is -1.62. The number of hydrogen-bond donors (Lipinski definition) is 1. The minimum atomic E-state index is -0.459.